The number of nitrogens with zero attached hydrogens (tertiary/aromatic N) is 3. The first-order valence-electron chi connectivity index (χ1n) is 14.6. The van der Waals surface area contributed by atoms with Gasteiger partial charge in [0.25, 0.3) is 0 Å². The van der Waals surface area contributed by atoms with Crippen molar-refractivity contribution < 1.29 is 38.7 Å². The monoisotopic (exact) mass is 593 g/mol. The quantitative estimate of drug-likeness (QED) is 0.154. The van der Waals surface area contributed by atoms with Crippen LogP contribution in [0.15, 0.2) is 0 Å². The second kappa shape index (κ2) is 14.5. The molecule has 0 saturated carbocycles. The molecule has 7 atom stereocenters. The van der Waals surface area contributed by atoms with Gasteiger partial charge in [0.05, 0.1) is 18.7 Å². The van der Waals surface area contributed by atoms with Gasteiger partial charge in [-0.05, 0) is 59.3 Å². The Morgan fingerprint density at radius 3 is 1.88 bits per heavy atom. The van der Waals surface area contributed by atoms with Crippen LogP contribution >= 0.6 is 0 Å². The van der Waals surface area contributed by atoms with Crippen LogP contribution in [-0.4, -0.2) is 130 Å². The lowest BCUT2D eigenvalue weighted by Crippen LogP contribution is -2.60. The topological polar surface area (TPSA) is 212 Å². The minimum atomic E-state index is -1.40. The molecule has 3 saturated heterocycles. The van der Waals surface area contributed by atoms with Gasteiger partial charge >= 0.3 is 0 Å². The van der Waals surface area contributed by atoms with Crippen LogP contribution in [0.3, 0.4) is 0 Å². The lowest BCUT2D eigenvalue weighted by atomic mass is 10.1. The molecular weight excluding hydrogens is 550 g/mol. The summed E-state index contributed by atoms with van der Waals surface area (Å²) >= 11 is 0. The summed E-state index contributed by atoms with van der Waals surface area (Å²) in [4.78, 5) is 92.6. The molecule has 0 aromatic heterocycles. The molecule has 3 fully saturated rings. The van der Waals surface area contributed by atoms with E-state index in [1.807, 2.05) is 0 Å². The van der Waals surface area contributed by atoms with E-state index < -0.39 is 66.0 Å². The maximum absolute atomic E-state index is 13.5. The average molecular weight is 594 g/mol. The SMILES string of the molecule is C[C@H](NC(=O)[C@@H]1CCCN1C(=O)CN)C(=O)N[C@H](C(=O)N1CCC[C@H]1C(=O)N[C@@H](C)C(=O)N1CCC[C@H]1C=O)[C@@H](C)O. The molecule has 234 valence electrons. The molecule has 6 N–H and O–H groups in total. The van der Waals surface area contributed by atoms with E-state index in [0.29, 0.717) is 51.6 Å². The van der Waals surface area contributed by atoms with E-state index >= 15 is 0 Å². The Kier molecular flexibility index (Phi) is 11.4. The van der Waals surface area contributed by atoms with Crippen LogP contribution in [0.5, 0.6) is 0 Å². The second-order valence-corrected chi connectivity index (χ2v) is 11.2. The summed E-state index contributed by atoms with van der Waals surface area (Å²) in [5, 5.41) is 18.1. The predicted octanol–water partition coefficient (Wildman–Crippen LogP) is -3.01. The molecule has 15 heteroatoms. The highest BCUT2D eigenvalue weighted by Crippen LogP contribution is 2.21. The Balaban J connectivity index is 1.60. The first-order chi connectivity index (χ1) is 19.9. The zero-order valence-electron chi connectivity index (χ0n) is 24.4. The molecule has 3 aliphatic heterocycles. The van der Waals surface area contributed by atoms with Gasteiger partial charge in [0, 0.05) is 19.6 Å². The molecule has 15 nitrogen and oxygen atoms in total. The van der Waals surface area contributed by atoms with Crippen LogP contribution in [0, 0.1) is 0 Å². The number of nitrogens with one attached hydrogen (secondary N) is 3. The van der Waals surface area contributed by atoms with Crippen LogP contribution in [-0.2, 0) is 33.6 Å². The zero-order chi connectivity index (χ0) is 31.1. The van der Waals surface area contributed by atoms with Gasteiger partial charge in [0.2, 0.25) is 35.4 Å². The summed E-state index contributed by atoms with van der Waals surface area (Å²) in [5.41, 5.74) is 5.43. The standard InChI is InChI=1S/C27H43N7O8/c1-15(29-24(39)19-8-5-11-33(19)21(37)13-28)23(38)31-22(17(3)36)27(42)34-12-6-9-20(34)25(40)30-16(2)26(41)32-10-4-7-18(32)14-35/h14-20,22,36H,4-13,28H2,1-3H3,(H,29,39)(H,30,40)(H,31,38)/t15-,16-,17+,18-,19-,20-,22-/m0/s1. The number of aldehydes is 1. The third-order valence-electron chi connectivity index (χ3n) is 8.16. The molecule has 3 rings (SSSR count). The van der Waals surface area contributed by atoms with E-state index in [2.05, 4.69) is 16.0 Å². The van der Waals surface area contributed by atoms with E-state index in [4.69, 9.17) is 5.73 Å². The summed E-state index contributed by atoms with van der Waals surface area (Å²) in [6, 6.07) is -5.59. The smallest absolute Gasteiger partial charge is 0.248 e. The number of carbonyl (C=O) groups is 7. The Morgan fingerprint density at radius 2 is 1.31 bits per heavy atom. The van der Waals surface area contributed by atoms with Crippen LogP contribution < -0.4 is 21.7 Å². The number of likely N-dealkylation sites (tertiary alicyclic amines) is 3. The predicted molar refractivity (Wildman–Crippen MR) is 148 cm³/mol. The summed E-state index contributed by atoms with van der Waals surface area (Å²) in [6.45, 7) is 5.05. The van der Waals surface area contributed by atoms with Crippen molar-refractivity contribution in [3.05, 3.63) is 0 Å². The first kappa shape index (κ1) is 32.9. The fourth-order valence-corrected chi connectivity index (χ4v) is 5.81. The third kappa shape index (κ3) is 7.43. The average Bonchev–Trinajstić information content (AvgIpc) is 3.74. The van der Waals surface area contributed by atoms with Crippen LogP contribution in [0.4, 0.5) is 0 Å². The van der Waals surface area contributed by atoms with Gasteiger partial charge in [-0.15, -0.1) is 0 Å². The number of nitrogens with two attached hydrogens (primary N) is 1. The first-order valence-corrected chi connectivity index (χ1v) is 14.6. The van der Waals surface area contributed by atoms with Gasteiger partial charge in [-0.1, -0.05) is 0 Å². The molecule has 0 aromatic rings. The number of amides is 6. The number of rotatable bonds is 11. The molecule has 0 spiro atoms. The minimum Gasteiger partial charge on any atom is -0.391 e. The normalized spacial score (nSPS) is 24.9. The van der Waals surface area contributed by atoms with Crippen LogP contribution in [0.2, 0.25) is 0 Å². The van der Waals surface area contributed by atoms with Gasteiger partial charge in [-0.25, -0.2) is 0 Å². The van der Waals surface area contributed by atoms with Gasteiger partial charge in [0.1, 0.15) is 36.5 Å². The van der Waals surface area contributed by atoms with Crippen LogP contribution in [0.1, 0.15) is 59.3 Å². The van der Waals surface area contributed by atoms with Crippen molar-refractivity contribution in [1.29, 1.82) is 0 Å². The van der Waals surface area contributed by atoms with E-state index in [1.54, 1.807) is 0 Å². The maximum Gasteiger partial charge on any atom is 0.248 e. The van der Waals surface area contributed by atoms with Crippen molar-refractivity contribution >= 4 is 41.7 Å². The fraction of sp³-hybridized carbons (Fsp3) is 0.741. The van der Waals surface area contributed by atoms with Gasteiger partial charge in [-0.2, -0.15) is 0 Å². The summed E-state index contributed by atoms with van der Waals surface area (Å²) in [6.07, 6.45) is 2.54. The molecule has 3 aliphatic rings. The highest BCUT2D eigenvalue weighted by Gasteiger charge is 2.41. The Labute approximate surface area is 244 Å². The summed E-state index contributed by atoms with van der Waals surface area (Å²) in [5.74, 6) is -3.23. The molecule has 42 heavy (non-hydrogen) atoms. The molecular formula is C27H43N7O8. The second-order valence-electron chi connectivity index (χ2n) is 11.2. The zero-order valence-corrected chi connectivity index (χ0v) is 24.4. The molecule has 0 radical (unpaired) electrons. The van der Waals surface area contributed by atoms with Gasteiger partial charge < -0.3 is 46.3 Å². The fourth-order valence-electron chi connectivity index (χ4n) is 5.81. The molecule has 3 heterocycles. The van der Waals surface area contributed by atoms with Crippen molar-refractivity contribution in [3.63, 3.8) is 0 Å². The lowest BCUT2D eigenvalue weighted by Gasteiger charge is -2.32. The third-order valence-corrected chi connectivity index (χ3v) is 8.16. The number of hydrogen-bond donors (Lipinski definition) is 5. The Bertz CT molecular complexity index is 1070. The molecule has 0 unspecified atom stereocenters. The molecule has 6 amide bonds. The largest absolute Gasteiger partial charge is 0.391 e. The van der Waals surface area contributed by atoms with Crippen molar-refractivity contribution in [2.24, 2.45) is 5.73 Å². The highest BCUT2D eigenvalue weighted by atomic mass is 16.3. The summed E-state index contributed by atoms with van der Waals surface area (Å²) in [7, 11) is 0. The molecule has 0 aliphatic carbocycles. The molecule has 0 bridgehead atoms. The number of aliphatic hydroxyl groups is 1. The van der Waals surface area contributed by atoms with Gasteiger partial charge in [-0.3, -0.25) is 28.8 Å². The van der Waals surface area contributed by atoms with E-state index in [0.717, 1.165) is 6.29 Å². The highest BCUT2D eigenvalue weighted by molar-refractivity contribution is 5.97. The number of aliphatic hydroxyl groups excluding tert-OH is 1. The molecule has 0 aromatic carbocycles. The lowest BCUT2D eigenvalue weighted by molar-refractivity contribution is -0.145. The van der Waals surface area contributed by atoms with Gasteiger partial charge in [0.15, 0.2) is 0 Å². The Morgan fingerprint density at radius 1 is 0.786 bits per heavy atom. The Hall–Kier alpha value is -3.59. The van der Waals surface area contributed by atoms with E-state index in [1.165, 1.54) is 35.5 Å². The van der Waals surface area contributed by atoms with Crippen molar-refractivity contribution in [1.82, 2.24) is 30.7 Å². The van der Waals surface area contributed by atoms with E-state index in [-0.39, 0.29) is 24.9 Å². The summed E-state index contributed by atoms with van der Waals surface area (Å²) < 4.78 is 0. The number of hydrogen-bond acceptors (Lipinski definition) is 9. The minimum absolute atomic E-state index is 0.205. The van der Waals surface area contributed by atoms with Crippen molar-refractivity contribution in [3.8, 4) is 0 Å². The van der Waals surface area contributed by atoms with Crippen molar-refractivity contribution in [2.75, 3.05) is 26.2 Å². The maximum atomic E-state index is 13.5. The number of carbonyl (C=O) groups excluding carboxylic acids is 7. The van der Waals surface area contributed by atoms with Crippen molar-refractivity contribution in [2.45, 2.75) is 102 Å². The van der Waals surface area contributed by atoms with E-state index in [9.17, 15) is 38.7 Å². The van der Waals surface area contributed by atoms with Crippen LogP contribution in [0.25, 0.3) is 0 Å².